The van der Waals surface area contributed by atoms with Crippen LogP contribution in [0.25, 0.3) is 21.9 Å². The molecule has 1 aromatic heterocycles. The zero-order chi connectivity index (χ0) is 33.4. The van der Waals surface area contributed by atoms with Crippen molar-refractivity contribution in [3.63, 3.8) is 0 Å². The molecule has 3 heteroatoms. The van der Waals surface area contributed by atoms with Crippen LogP contribution < -0.4 is 9.80 Å². The lowest BCUT2D eigenvalue weighted by Crippen LogP contribution is -2.27. The molecule has 0 saturated carbocycles. The molecule has 0 aliphatic heterocycles. The molecule has 47 heavy (non-hydrogen) atoms. The number of hydrogen-bond donors (Lipinski definition) is 0. The highest BCUT2D eigenvalue weighted by molar-refractivity contribution is 6.16. The Morgan fingerprint density at radius 1 is 0.362 bits per heavy atom. The Morgan fingerprint density at radius 2 is 0.638 bits per heavy atom. The van der Waals surface area contributed by atoms with E-state index in [4.69, 9.17) is 4.42 Å². The molecule has 1 heterocycles. The van der Waals surface area contributed by atoms with Gasteiger partial charge in [-0.3, -0.25) is 0 Å². The van der Waals surface area contributed by atoms with Gasteiger partial charge in [-0.2, -0.15) is 0 Å². The topological polar surface area (TPSA) is 19.6 Å². The van der Waals surface area contributed by atoms with E-state index in [1.807, 2.05) is 0 Å². The van der Waals surface area contributed by atoms with Crippen molar-refractivity contribution in [2.45, 2.75) is 182 Å². The average Bonchev–Trinajstić information content (AvgIpc) is 3.48. The van der Waals surface area contributed by atoms with E-state index >= 15 is 0 Å². The van der Waals surface area contributed by atoms with E-state index in [0.717, 1.165) is 37.3 Å². The second-order valence-corrected chi connectivity index (χ2v) is 14.4. The zero-order valence-corrected chi connectivity index (χ0v) is 31.6. The largest absolute Gasteiger partial charge is 0.456 e. The van der Waals surface area contributed by atoms with Crippen molar-refractivity contribution in [1.82, 2.24) is 0 Å². The molecule has 0 fully saturated rings. The molecule has 3 aromatic rings. The first-order valence-corrected chi connectivity index (χ1v) is 20.7. The van der Waals surface area contributed by atoms with Crippen LogP contribution in [0.1, 0.15) is 182 Å². The summed E-state index contributed by atoms with van der Waals surface area (Å²) < 4.78 is 6.66. The molecular formula is C44H74N2O. The second-order valence-electron chi connectivity index (χ2n) is 14.4. The quantitative estimate of drug-likeness (QED) is 0.0672. The van der Waals surface area contributed by atoms with E-state index in [9.17, 15) is 0 Å². The van der Waals surface area contributed by atoms with Gasteiger partial charge in [0.2, 0.25) is 0 Å². The predicted octanol–water partition coefficient (Wildman–Crippen LogP) is 14.6. The number of unbranched alkanes of at least 4 members (excludes halogenated alkanes) is 20. The Labute approximate surface area is 291 Å². The molecule has 0 aliphatic carbocycles. The summed E-state index contributed by atoms with van der Waals surface area (Å²) in [7, 11) is 0. The molecule has 0 bridgehead atoms. The number of rotatable bonds is 30. The first-order valence-electron chi connectivity index (χ1n) is 20.7. The Kier molecular flexibility index (Phi) is 20.8. The monoisotopic (exact) mass is 647 g/mol. The van der Waals surface area contributed by atoms with Crippen molar-refractivity contribution < 1.29 is 4.42 Å². The highest BCUT2D eigenvalue weighted by atomic mass is 16.3. The third-order valence-electron chi connectivity index (χ3n) is 10.3. The Morgan fingerprint density at radius 3 is 0.936 bits per heavy atom. The third kappa shape index (κ3) is 14.1. The van der Waals surface area contributed by atoms with Gasteiger partial charge in [0.15, 0.2) is 0 Å². The van der Waals surface area contributed by atoms with Crippen molar-refractivity contribution in [2.75, 3.05) is 36.0 Å². The lowest BCUT2D eigenvalue weighted by molar-refractivity contribution is 0.575. The summed E-state index contributed by atoms with van der Waals surface area (Å²) in [6, 6.07) is 13.7. The van der Waals surface area contributed by atoms with Crippen molar-refractivity contribution in [3.8, 4) is 0 Å². The van der Waals surface area contributed by atoms with Crippen molar-refractivity contribution in [1.29, 1.82) is 0 Å². The van der Waals surface area contributed by atoms with Gasteiger partial charge in [0.1, 0.15) is 11.2 Å². The summed E-state index contributed by atoms with van der Waals surface area (Å²) in [4.78, 5) is 5.47. The number of fused-ring (bicyclic) bond motifs is 3. The average molecular weight is 647 g/mol. The van der Waals surface area contributed by atoms with E-state index in [1.54, 1.807) is 0 Å². The molecule has 0 saturated heterocycles. The number of benzene rings is 2. The molecule has 0 spiro atoms. The van der Waals surface area contributed by atoms with E-state index in [-0.39, 0.29) is 0 Å². The highest BCUT2D eigenvalue weighted by Crippen LogP contribution is 2.41. The van der Waals surface area contributed by atoms with Crippen LogP contribution in [-0.2, 0) is 0 Å². The number of hydrogen-bond acceptors (Lipinski definition) is 3. The second kappa shape index (κ2) is 24.9. The molecule has 0 unspecified atom stereocenters. The minimum Gasteiger partial charge on any atom is -0.456 e. The molecule has 0 radical (unpaired) electrons. The lowest BCUT2D eigenvalue weighted by Gasteiger charge is -2.28. The molecular weight excluding hydrogens is 572 g/mol. The van der Waals surface area contributed by atoms with Gasteiger partial charge in [0.25, 0.3) is 0 Å². The fraction of sp³-hybridized carbons (Fsp3) is 0.727. The molecule has 0 aliphatic rings. The van der Waals surface area contributed by atoms with Crippen molar-refractivity contribution in [3.05, 3.63) is 36.4 Å². The van der Waals surface area contributed by atoms with Crippen molar-refractivity contribution in [2.24, 2.45) is 0 Å². The molecule has 0 N–H and O–H groups in total. The molecule has 0 amide bonds. The first-order chi connectivity index (χ1) is 23.2. The van der Waals surface area contributed by atoms with Gasteiger partial charge in [0.05, 0.1) is 10.8 Å². The number of nitrogens with zero attached hydrogens (tertiary/aromatic N) is 2. The van der Waals surface area contributed by atoms with Crippen LogP contribution in [0.5, 0.6) is 0 Å². The maximum Gasteiger partial charge on any atom is 0.137 e. The third-order valence-corrected chi connectivity index (χ3v) is 10.3. The summed E-state index contributed by atoms with van der Waals surface area (Å²) in [6.45, 7) is 13.8. The zero-order valence-electron chi connectivity index (χ0n) is 31.6. The first kappa shape index (κ1) is 39.3. The predicted molar refractivity (Wildman–Crippen MR) is 212 cm³/mol. The lowest BCUT2D eigenvalue weighted by atomic mass is 10.0. The van der Waals surface area contributed by atoms with E-state index in [0.29, 0.717) is 0 Å². The SMILES string of the molecule is CCCCCCCCN(CCCCCCCC)c1cccc2oc3cccc(N(CCCCCCCC)CCCCCCCC)c3c12. The van der Waals surface area contributed by atoms with Gasteiger partial charge in [0, 0.05) is 37.6 Å². The summed E-state index contributed by atoms with van der Waals surface area (Å²) in [5, 5.41) is 2.71. The van der Waals surface area contributed by atoms with Gasteiger partial charge in [-0.05, 0) is 49.9 Å². The number of furan rings is 1. The minimum absolute atomic E-state index is 1.06. The maximum atomic E-state index is 6.66. The summed E-state index contributed by atoms with van der Waals surface area (Å²) in [5.74, 6) is 0. The van der Waals surface area contributed by atoms with Crippen LogP contribution >= 0.6 is 0 Å². The molecule has 0 atom stereocenters. The van der Waals surface area contributed by atoms with Gasteiger partial charge in [-0.1, -0.05) is 168 Å². The van der Waals surface area contributed by atoms with Crippen molar-refractivity contribution >= 4 is 33.3 Å². The normalized spacial score (nSPS) is 11.7. The summed E-state index contributed by atoms with van der Waals surface area (Å²) in [5.41, 5.74) is 4.91. The van der Waals surface area contributed by atoms with Crippen LogP contribution in [0.2, 0.25) is 0 Å². The van der Waals surface area contributed by atoms with E-state index < -0.39 is 0 Å². The van der Waals surface area contributed by atoms with Gasteiger partial charge >= 0.3 is 0 Å². The molecule has 2 aromatic carbocycles. The van der Waals surface area contributed by atoms with E-state index in [1.165, 1.54) is 176 Å². The van der Waals surface area contributed by atoms with Gasteiger partial charge in [-0.25, -0.2) is 0 Å². The van der Waals surface area contributed by atoms with Crippen LogP contribution in [0, 0.1) is 0 Å². The maximum absolute atomic E-state index is 6.66. The van der Waals surface area contributed by atoms with Crippen LogP contribution in [0.15, 0.2) is 40.8 Å². The summed E-state index contributed by atoms with van der Waals surface area (Å²) >= 11 is 0. The van der Waals surface area contributed by atoms with Crippen LogP contribution in [0.3, 0.4) is 0 Å². The Bertz CT molecular complexity index is 1060. The summed E-state index contributed by atoms with van der Waals surface area (Å²) in [6.07, 6.45) is 32.2. The Balaban J connectivity index is 1.89. The fourth-order valence-corrected chi connectivity index (χ4v) is 7.39. The van der Waals surface area contributed by atoms with E-state index in [2.05, 4.69) is 73.9 Å². The smallest absolute Gasteiger partial charge is 0.137 e. The van der Waals surface area contributed by atoms with Crippen LogP contribution in [-0.4, -0.2) is 26.2 Å². The van der Waals surface area contributed by atoms with Crippen LogP contribution in [0.4, 0.5) is 11.4 Å². The molecule has 266 valence electrons. The molecule has 3 nitrogen and oxygen atoms in total. The van der Waals surface area contributed by atoms with Gasteiger partial charge < -0.3 is 14.2 Å². The Hall–Kier alpha value is -2.16. The number of anilines is 2. The van der Waals surface area contributed by atoms with Gasteiger partial charge in [-0.15, -0.1) is 0 Å². The fourth-order valence-electron chi connectivity index (χ4n) is 7.39. The minimum atomic E-state index is 1.06. The highest BCUT2D eigenvalue weighted by Gasteiger charge is 2.20. The molecule has 3 rings (SSSR count). The standard InChI is InChI=1S/C44H74N2O/c1-5-9-13-17-21-25-35-45(36-26-22-18-14-10-6-2)39-31-29-33-41-43(39)44-40(32-30-34-42(44)47-41)46(37-27-23-19-15-11-7-3)38-28-24-20-16-12-8-4/h29-34H,5-28,35-38H2,1-4H3.